The van der Waals surface area contributed by atoms with Gasteiger partial charge in [-0.2, -0.15) is 0 Å². The van der Waals surface area contributed by atoms with Crippen molar-refractivity contribution in [3.05, 3.63) is 95.0 Å². The second-order valence-electron chi connectivity index (χ2n) is 5.55. The molecule has 0 bridgehead atoms. The molecular weight excluding hydrogens is 380 g/mol. The van der Waals surface area contributed by atoms with Crippen molar-refractivity contribution in [3.8, 4) is 0 Å². The first kappa shape index (κ1) is 18.4. The van der Waals surface area contributed by atoms with Gasteiger partial charge in [-0.15, -0.1) is 0 Å². The molecule has 0 aliphatic rings. The molecule has 3 aromatic rings. The predicted octanol–water partition coefficient (Wildman–Crippen LogP) is 5.01. The molecule has 0 saturated carbocycles. The van der Waals surface area contributed by atoms with Gasteiger partial charge >= 0.3 is 0 Å². The molecule has 3 nitrogen and oxygen atoms in total. The van der Waals surface area contributed by atoms with E-state index in [0.717, 1.165) is 10.4 Å². The first-order valence-corrected chi connectivity index (χ1v) is 9.47. The number of sulfonamides is 1. The van der Waals surface area contributed by atoms with Gasteiger partial charge in [0.25, 0.3) is 10.0 Å². The Morgan fingerprint density at radius 3 is 2.31 bits per heavy atom. The zero-order valence-electron chi connectivity index (χ0n) is 13.4. The molecule has 0 spiro atoms. The lowest BCUT2D eigenvalue weighted by Crippen LogP contribution is -2.31. The quantitative estimate of drug-likeness (QED) is 0.610. The lowest BCUT2D eigenvalue weighted by molar-refractivity contribution is 0.563. The number of rotatable bonds is 5. The highest BCUT2D eigenvalue weighted by atomic mass is 35.5. The Bertz CT molecular complexity index is 1040. The van der Waals surface area contributed by atoms with Gasteiger partial charge in [0.2, 0.25) is 0 Å². The highest BCUT2D eigenvalue weighted by molar-refractivity contribution is 7.92. The fraction of sp³-hybridized carbons (Fsp3) is 0.0526. The highest BCUT2D eigenvalue weighted by Crippen LogP contribution is 2.29. The van der Waals surface area contributed by atoms with Gasteiger partial charge in [-0.3, -0.25) is 4.31 Å². The van der Waals surface area contributed by atoms with Crippen LogP contribution in [0.15, 0.2) is 77.7 Å². The average molecular weight is 394 g/mol. The van der Waals surface area contributed by atoms with Gasteiger partial charge in [-0.05, 0) is 48.0 Å². The normalized spacial score (nSPS) is 11.3. The van der Waals surface area contributed by atoms with Gasteiger partial charge < -0.3 is 0 Å². The number of nitrogens with zero attached hydrogens (tertiary/aromatic N) is 1. The maximum Gasteiger partial charge on any atom is 0.267 e. The Morgan fingerprint density at radius 1 is 0.885 bits per heavy atom. The maximum atomic E-state index is 14.2. The molecule has 3 aromatic carbocycles. The van der Waals surface area contributed by atoms with Crippen LogP contribution in [0, 0.1) is 11.6 Å². The number of benzene rings is 3. The Kier molecular flexibility index (Phi) is 5.25. The van der Waals surface area contributed by atoms with Crippen molar-refractivity contribution in [3.63, 3.8) is 0 Å². The molecule has 26 heavy (non-hydrogen) atoms. The van der Waals surface area contributed by atoms with Crippen LogP contribution in [0.1, 0.15) is 5.56 Å². The molecule has 0 aliphatic carbocycles. The van der Waals surface area contributed by atoms with Gasteiger partial charge in [-0.1, -0.05) is 41.9 Å². The van der Waals surface area contributed by atoms with Gasteiger partial charge in [-0.25, -0.2) is 17.2 Å². The van der Waals surface area contributed by atoms with E-state index in [9.17, 15) is 17.2 Å². The summed E-state index contributed by atoms with van der Waals surface area (Å²) < 4.78 is 54.9. The van der Waals surface area contributed by atoms with Crippen molar-refractivity contribution in [2.24, 2.45) is 0 Å². The monoisotopic (exact) mass is 393 g/mol. The number of hydrogen-bond donors (Lipinski definition) is 0. The summed E-state index contributed by atoms with van der Waals surface area (Å²) in [5, 5.41) is 0.329. The summed E-state index contributed by atoms with van der Waals surface area (Å²) >= 11 is 5.99. The first-order valence-electron chi connectivity index (χ1n) is 7.65. The molecule has 0 fully saturated rings. The Balaban J connectivity index is 2.13. The lowest BCUT2D eigenvalue weighted by atomic mass is 10.2. The summed E-state index contributed by atoms with van der Waals surface area (Å²) in [6, 6.07) is 16.9. The molecule has 0 amide bonds. The summed E-state index contributed by atoms with van der Waals surface area (Å²) in [7, 11) is -4.24. The second-order valence-corrected chi connectivity index (χ2v) is 7.82. The van der Waals surface area contributed by atoms with Gasteiger partial charge in [0.05, 0.1) is 12.2 Å². The van der Waals surface area contributed by atoms with Gasteiger partial charge in [0.15, 0.2) is 0 Å². The zero-order valence-corrected chi connectivity index (χ0v) is 15.0. The van der Waals surface area contributed by atoms with Crippen molar-refractivity contribution in [1.82, 2.24) is 0 Å². The molecule has 0 unspecified atom stereocenters. The third-order valence-electron chi connectivity index (χ3n) is 3.72. The van der Waals surface area contributed by atoms with Crippen molar-refractivity contribution in [2.45, 2.75) is 11.4 Å². The van der Waals surface area contributed by atoms with E-state index in [1.165, 1.54) is 42.5 Å². The van der Waals surface area contributed by atoms with Gasteiger partial charge in [0, 0.05) is 5.02 Å². The van der Waals surface area contributed by atoms with Gasteiger partial charge in [0.1, 0.15) is 16.5 Å². The molecule has 7 heteroatoms. The largest absolute Gasteiger partial charge is 0.267 e. The number of hydrogen-bond acceptors (Lipinski definition) is 2. The summed E-state index contributed by atoms with van der Waals surface area (Å²) in [4.78, 5) is -0.462. The van der Waals surface area contributed by atoms with Crippen LogP contribution >= 0.6 is 11.6 Å². The molecule has 0 aromatic heterocycles. The predicted molar refractivity (Wildman–Crippen MR) is 97.6 cm³/mol. The van der Waals surface area contributed by atoms with E-state index >= 15 is 0 Å². The third-order valence-corrected chi connectivity index (χ3v) is 5.76. The average Bonchev–Trinajstić information content (AvgIpc) is 2.60. The Hall–Kier alpha value is -2.44. The molecule has 0 radical (unpaired) electrons. The fourth-order valence-corrected chi connectivity index (χ4v) is 4.22. The van der Waals surface area contributed by atoms with Crippen LogP contribution in [-0.2, 0) is 16.6 Å². The minimum atomic E-state index is -4.24. The fourth-order valence-electron chi connectivity index (χ4n) is 2.52. The van der Waals surface area contributed by atoms with E-state index in [1.54, 1.807) is 24.3 Å². The third kappa shape index (κ3) is 3.86. The Morgan fingerprint density at radius 2 is 1.62 bits per heavy atom. The highest BCUT2D eigenvalue weighted by Gasteiger charge is 2.28. The van der Waals surface area contributed by atoms with Crippen molar-refractivity contribution >= 4 is 27.3 Å². The minimum Gasteiger partial charge on any atom is -0.262 e. The minimum absolute atomic E-state index is 0.172. The Labute approximate surface area is 155 Å². The van der Waals surface area contributed by atoms with E-state index in [0.29, 0.717) is 10.6 Å². The van der Waals surface area contributed by atoms with Crippen molar-refractivity contribution in [2.75, 3.05) is 4.31 Å². The summed E-state index contributed by atoms with van der Waals surface area (Å²) in [6.07, 6.45) is 0. The molecule has 0 N–H and O–H groups in total. The van der Waals surface area contributed by atoms with E-state index in [4.69, 9.17) is 11.6 Å². The van der Waals surface area contributed by atoms with E-state index < -0.39 is 26.6 Å². The molecule has 0 aliphatic heterocycles. The van der Waals surface area contributed by atoms with Crippen LogP contribution in [-0.4, -0.2) is 8.42 Å². The van der Waals surface area contributed by atoms with E-state index in [2.05, 4.69) is 0 Å². The number of halogens is 3. The molecule has 0 saturated heterocycles. The van der Waals surface area contributed by atoms with Crippen LogP contribution in [0.3, 0.4) is 0 Å². The van der Waals surface area contributed by atoms with E-state index in [-0.39, 0.29) is 12.2 Å². The van der Waals surface area contributed by atoms with Crippen molar-refractivity contribution < 1.29 is 17.2 Å². The lowest BCUT2D eigenvalue weighted by Gasteiger charge is -2.25. The topological polar surface area (TPSA) is 37.4 Å². The zero-order chi connectivity index (χ0) is 18.7. The smallest absolute Gasteiger partial charge is 0.262 e. The molecule has 134 valence electrons. The summed E-state index contributed by atoms with van der Waals surface area (Å²) in [5.74, 6) is -1.35. The van der Waals surface area contributed by atoms with Crippen LogP contribution < -0.4 is 4.31 Å². The second kappa shape index (κ2) is 7.43. The van der Waals surface area contributed by atoms with Crippen LogP contribution in [0.4, 0.5) is 14.5 Å². The van der Waals surface area contributed by atoms with Crippen molar-refractivity contribution in [1.29, 1.82) is 0 Å². The van der Waals surface area contributed by atoms with E-state index in [1.807, 2.05) is 0 Å². The standard InChI is InChI=1S/C19H14ClF2NO2S/c20-15-6-4-8-17(12-15)23(13-14-5-3-7-16(21)11-14)26(24,25)19-10-2-1-9-18(19)22/h1-12H,13H2. The molecule has 3 rings (SSSR count). The molecule has 0 atom stereocenters. The summed E-state index contributed by atoms with van der Waals surface area (Å²) in [6.45, 7) is -0.172. The summed E-state index contributed by atoms with van der Waals surface area (Å²) in [5.41, 5.74) is 0.676. The SMILES string of the molecule is O=S(=O)(c1ccccc1F)N(Cc1cccc(F)c1)c1cccc(Cl)c1. The van der Waals surface area contributed by atoms with Crippen LogP contribution in [0.2, 0.25) is 5.02 Å². The first-order chi connectivity index (χ1) is 12.4. The van der Waals surface area contributed by atoms with Crippen LogP contribution in [0.5, 0.6) is 0 Å². The molecule has 0 heterocycles. The maximum absolute atomic E-state index is 14.2. The van der Waals surface area contributed by atoms with Crippen LogP contribution in [0.25, 0.3) is 0 Å². The number of anilines is 1. The molecular formula is C19H14ClF2NO2S.